The van der Waals surface area contributed by atoms with Crippen LogP contribution in [-0.2, 0) is 9.59 Å². The Labute approximate surface area is 94.0 Å². The first-order valence-corrected chi connectivity index (χ1v) is 5.43. The molecule has 4 atom stereocenters. The zero-order valence-corrected chi connectivity index (χ0v) is 8.89. The van der Waals surface area contributed by atoms with Gasteiger partial charge in [0.05, 0.1) is 5.92 Å². The van der Waals surface area contributed by atoms with Crippen molar-refractivity contribution in [3.8, 4) is 0 Å². The zero-order valence-electron chi connectivity index (χ0n) is 8.89. The summed E-state index contributed by atoms with van der Waals surface area (Å²) in [6.07, 6.45) is 6.17. The van der Waals surface area contributed by atoms with E-state index in [9.17, 15) is 14.7 Å². The van der Waals surface area contributed by atoms with E-state index in [0.717, 1.165) is 6.42 Å². The van der Waals surface area contributed by atoms with Crippen molar-refractivity contribution in [3.05, 3.63) is 24.8 Å². The Morgan fingerprint density at radius 3 is 2.56 bits per heavy atom. The van der Waals surface area contributed by atoms with Crippen LogP contribution in [0.3, 0.4) is 0 Å². The molecule has 2 bridgehead atoms. The topological polar surface area (TPSA) is 69.2 Å². The normalized spacial score (nSPS) is 35.0. The Hall–Kier alpha value is -1.58. The second-order valence-corrected chi connectivity index (χ2v) is 4.35. The monoisotopic (exact) mass is 220 g/mol. The fourth-order valence-electron chi connectivity index (χ4n) is 2.79. The maximum atomic E-state index is 11.8. The molecular formula is C12H14NO3-. The van der Waals surface area contributed by atoms with E-state index in [1.54, 1.807) is 6.08 Å². The minimum atomic E-state index is -1.12. The van der Waals surface area contributed by atoms with E-state index in [1.165, 1.54) is 0 Å². The van der Waals surface area contributed by atoms with Gasteiger partial charge < -0.3 is 15.2 Å². The fourth-order valence-corrected chi connectivity index (χ4v) is 2.79. The van der Waals surface area contributed by atoms with Crippen molar-refractivity contribution in [1.82, 2.24) is 5.32 Å². The standard InChI is InChI=1S/C12H15NO3/c1-2-5-13-11(14)9-7-3-4-8(6-7)10(9)12(15)16/h2-4,7-10H,1,5-6H2,(H,13,14)(H,15,16)/p-1/t7-,8+,9+,10-/m0/s1. The molecule has 2 aliphatic rings. The number of aliphatic carboxylic acids is 1. The van der Waals surface area contributed by atoms with Gasteiger partial charge in [0.15, 0.2) is 0 Å². The third-order valence-electron chi connectivity index (χ3n) is 3.45. The molecule has 2 aliphatic carbocycles. The van der Waals surface area contributed by atoms with Crippen molar-refractivity contribution in [2.24, 2.45) is 23.7 Å². The van der Waals surface area contributed by atoms with Crippen LogP contribution in [0.5, 0.6) is 0 Å². The number of hydrogen-bond acceptors (Lipinski definition) is 3. The molecule has 86 valence electrons. The van der Waals surface area contributed by atoms with E-state index in [1.807, 2.05) is 12.2 Å². The van der Waals surface area contributed by atoms with Crippen LogP contribution in [-0.4, -0.2) is 18.4 Å². The Bertz CT molecular complexity index is 361. The number of fused-ring (bicyclic) bond motifs is 2. The summed E-state index contributed by atoms with van der Waals surface area (Å²) >= 11 is 0. The van der Waals surface area contributed by atoms with Crippen LogP contribution < -0.4 is 10.4 Å². The maximum Gasteiger partial charge on any atom is 0.224 e. The van der Waals surface area contributed by atoms with Gasteiger partial charge in [-0.2, -0.15) is 0 Å². The third kappa shape index (κ3) is 1.64. The molecule has 1 N–H and O–H groups in total. The summed E-state index contributed by atoms with van der Waals surface area (Å²) in [6.45, 7) is 3.88. The molecule has 0 radical (unpaired) electrons. The summed E-state index contributed by atoms with van der Waals surface area (Å²) in [5.74, 6) is -2.44. The van der Waals surface area contributed by atoms with Crippen LogP contribution in [0, 0.1) is 23.7 Å². The van der Waals surface area contributed by atoms with Crippen LogP contribution in [0.1, 0.15) is 6.42 Å². The smallest absolute Gasteiger partial charge is 0.224 e. The molecule has 1 saturated carbocycles. The highest BCUT2D eigenvalue weighted by molar-refractivity contribution is 5.86. The second kappa shape index (κ2) is 4.12. The number of rotatable bonds is 4. The molecular weight excluding hydrogens is 206 g/mol. The van der Waals surface area contributed by atoms with Crippen molar-refractivity contribution in [2.75, 3.05) is 6.54 Å². The van der Waals surface area contributed by atoms with E-state index in [0.29, 0.717) is 6.54 Å². The quantitative estimate of drug-likeness (QED) is 0.648. The number of carboxylic acids is 1. The molecule has 4 nitrogen and oxygen atoms in total. The largest absolute Gasteiger partial charge is 0.550 e. The van der Waals surface area contributed by atoms with E-state index in [2.05, 4.69) is 11.9 Å². The lowest BCUT2D eigenvalue weighted by Gasteiger charge is -2.27. The van der Waals surface area contributed by atoms with Crippen molar-refractivity contribution in [2.45, 2.75) is 6.42 Å². The van der Waals surface area contributed by atoms with Gasteiger partial charge in [0.2, 0.25) is 5.91 Å². The van der Waals surface area contributed by atoms with Gasteiger partial charge in [-0.25, -0.2) is 0 Å². The van der Waals surface area contributed by atoms with E-state index >= 15 is 0 Å². The van der Waals surface area contributed by atoms with Crippen molar-refractivity contribution in [3.63, 3.8) is 0 Å². The molecule has 2 rings (SSSR count). The number of carboxylic acid groups (broad SMARTS) is 1. The van der Waals surface area contributed by atoms with Gasteiger partial charge in [-0.3, -0.25) is 4.79 Å². The van der Waals surface area contributed by atoms with Gasteiger partial charge in [0, 0.05) is 18.4 Å². The molecule has 0 spiro atoms. The van der Waals surface area contributed by atoms with Gasteiger partial charge >= 0.3 is 0 Å². The maximum absolute atomic E-state index is 11.8. The van der Waals surface area contributed by atoms with Gasteiger partial charge in [0.1, 0.15) is 0 Å². The number of hydrogen-bond donors (Lipinski definition) is 1. The number of allylic oxidation sites excluding steroid dienone is 2. The average molecular weight is 220 g/mol. The Morgan fingerprint density at radius 2 is 2.00 bits per heavy atom. The number of carbonyl (C=O) groups is 2. The van der Waals surface area contributed by atoms with Gasteiger partial charge in [-0.05, 0) is 18.3 Å². The van der Waals surface area contributed by atoms with E-state index in [4.69, 9.17) is 0 Å². The first kappa shape index (κ1) is 10.9. The summed E-state index contributed by atoms with van der Waals surface area (Å²) < 4.78 is 0. The SMILES string of the molecule is C=CCNC(=O)[C@H]1[C@@H](C(=O)[O-])[C@@H]2C=C[C@H]1C2. The van der Waals surface area contributed by atoms with Gasteiger partial charge in [0.25, 0.3) is 0 Å². The minimum Gasteiger partial charge on any atom is -0.550 e. The summed E-state index contributed by atoms with van der Waals surface area (Å²) in [5.41, 5.74) is 0. The summed E-state index contributed by atoms with van der Waals surface area (Å²) in [7, 11) is 0. The van der Waals surface area contributed by atoms with Crippen LogP contribution in [0.25, 0.3) is 0 Å². The molecule has 0 aliphatic heterocycles. The first-order valence-electron chi connectivity index (χ1n) is 5.43. The van der Waals surface area contributed by atoms with Crippen LogP contribution in [0.15, 0.2) is 24.8 Å². The molecule has 1 amide bonds. The highest BCUT2D eigenvalue weighted by Crippen LogP contribution is 2.47. The molecule has 4 heteroatoms. The Morgan fingerprint density at radius 1 is 1.38 bits per heavy atom. The molecule has 0 heterocycles. The number of amides is 1. The molecule has 0 unspecified atom stereocenters. The molecule has 0 saturated heterocycles. The Balaban J connectivity index is 2.13. The first-order chi connectivity index (χ1) is 7.65. The van der Waals surface area contributed by atoms with Crippen LogP contribution >= 0.6 is 0 Å². The third-order valence-corrected chi connectivity index (χ3v) is 3.45. The minimum absolute atomic E-state index is 0.0329. The number of carbonyl (C=O) groups excluding carboxylic acids is 2. The molecule has 16 heavy (non-hydrogen) atoms. The van der Waals surface area contributed by atoms with Crippen molar-refractivity contribution < 1.29 is 14.7 Å². The second-order valence-electron chi connectivity index (χ2n) is 4.35. The highest BCUT2D eigenvalue weighted by atomic mass is 16.4. The molecule has 0 aromatic carbocycles. The van der Waals surface area contributed by atoms with Gasteiger partial charge in [-0.15, -0.1) is 6.58 Å². The predicted molar refractivity (Wildman–Crippen MR) is 55.9 cm³/mol. The summed E-state index contributed by atoms with van der Waals surface area (Å²) in [6, 6.07) is 0. The zero-order chi connectivity index (χ0) is 11.7. The average Bonchev–Trinajstić information content (AvgIpc) is 2.84. The lowest BCUT2D eigenvalue weighted by molar-refractivity contribution is -0.313. The van der Waals surface area contributed by atoms with Crippen LogP contribution in [0.2, 0.25) is 0 Å². The van der Waals surface area contributed by atoms with Gasteiger partial charge in [-0.1, -0.05) is 18.2 Å². The predicted octanol–water partition coefficient (Wildman–Crippen LogP) is -0.523. The lowest BCUT2D eigenvalue weighted by Crippen LogP contribution is -2.44. The van der Waals surface area contributed by atoms with E-state index < -0.39 is 17.8 Å². The van der Waals surface area contributed by atoms with Crippen molar-refractivity contribution in [1.29, 1.82) is 0 Å². The highest BCUT2D eigenvalue weighted by Gasteiger charge is 2.48. The molecule has 1 fully saturated rings. The van der Waals surface area contributed by atoms with E-state index in [-0.39, 0.29) is 17.7 Å². The molecule has 0 aromatic rings. The number of nitrogens with one attached hydrogen (secondary N) is 1. The Kier molecular flexibility index (Phi) is 2.81. The fraction of sp³-hybridized carbons (Fsp3) is 0.500. The summed E-state index contributed by atoms with van der Waals surface area (Å²) in [4.78, 5) is 22.9. The lowest BCUT2D eigenvalue weighted by atomic mass is 9.82. The summed E-state index contributed by atoms with van der Waals surface area (Å²) in [5, 5.41) is 13.7. The van der Waals surface area contributed by atoms with Crippen LogP contribution in [0.4, 0.5) is 0 Å². The van der Waals surface area contributed by atoms with Crippen molar-refractivity contribution >= 4 is 11.9 Å². The molecule has 0 aromatic heterocycles.